The van der Waals surface area contributed by atoms with Crippen molar-refractivity contribution in [2.45, 2.75) is 19.4 Å². The van der Waals surface area contributed by atoms with Crippen molar-refractivity contribution < 1.29 is 14.7 Å². The third-order valence-corrected chi connectivity index (χ3v) is 2.50. The molecule has 0 aliphatic carbocycles. The van der Waals surface area contributed by atoms with Gasteiger partial charge in [-0.25, -0.2) is 0 Å². The fourth-order valence-corrected chi connectivity index (χ4v) is 1.51. The molecule has 106 valence electrons. The molecule has 0 saturated heterocycles. The Balaban J connectivity index is 2.34. The summed E-state index contributed by atoms with van der Waals surface area (Å²) in [6.45, 7) is 1.77. The van der Waals surface area contributed by atoms with Gasteiger partial charge in [-0.15, -0.1) is 0 Å². The number of rotatable bonds is 8. The van der Waals surface area contributed by atoms with E-state index in [0.29, 0.717) is 12.2 Å². The monoisotopic (exact) mass is 268 g/mol. The molecule has 7 nitrogen and oxygen atoms in total. The van der Waals surface area contributed by atoms with Crippen LogP contribution in [-0.4, -0.2) is 58.8 Å². The number of aromatic nitrogens is 2. The first-order chi connectivity index (χ1) is 8.99. The summed E-state index contributed by atoms with van der Waals surface area (Å²) in [6.07, 6.45) is 2.47. The number of carboxylic acid groups (broad SMARTS) is 1. The lowest BCUT2D eigenvalue weighted by molar-refractivity contribution is -0.137. The van der Waals surface area contributed by atoms with Crippen molar-refractivity contribution in [1.29, 1.82) is 0 Å². The minimum absolute atomic E-state index is 0.00836. The molecule has 7 heteroatoms. The molecule has 1 rings (SSSR count). The van der Waals surface area contributed by atoms with Crippen LogP contribution >= 0.6 is 0 Å². The predicted octanol–water partition coefficient (Wildman–Crippen LogP) is 0.0393. The van der Waals surface area contributed by atoms with Crippen LogP contribution in [0.4, 0.5) is 0 Å². The van der Waals surface area contributed by atoms with Gasteiger partial charge in [0.15, 0.2) is 0 Å². The van der Waals surface area contributed by atoms with E-state index >= 15 is 0 Å². The van der Waals surface area contributed by atoms with E-state index < -0.39 is 5.97 Å². The molecule has 0 aliphatic heterocycles. The van der Waals surface area contributed by atoms with E-state index in [2.05, 4.69) is 10.4 Å². The molecule has 0 spiro atoms. The van der Waals surface area contributed by atoms with Gasteiger partial charge in [0.1, 0.15) is 5.69 Å². The lowest BCUT2D eigenvalue weighted by atomic mass is 10.3. The third kappa shape index (κ3) is 6.01. The van der Waals surface area contributed by atoms with Gasteiger partial charge in [-0.3, -0.25) is 14.3 Å². The topological polar surface area (TPSA) is 87.5 Å². The maximum Gasteiger partial charge on any atom is 0.305 e. The maximum atomic E-state index is 11.7. The molecule has 2 N–H and O–H groups in total. The highest BCUT2D eigenvalue weighted by Gasteiger charge is 2.09. The number of aliphatic carboxylic acids is 1. The molecule has 0 saturated carbocycles. The molecule has 1 aromatic rings. The van der Waals surface area contributed by atoms with Crippen LogP contribution < -0.4 is 5.32 Å². The average Bonchev–Trinajstić information content (AvgIpc) is 2.80. The Labute approximate surface area is 112 Å². The number of aryl methyl sites for hydroxylation is 1. The summed E-state index contributed by atoms with van der Waals surface area (Å²) in [5.74, 6) is -1.11. The lowest BCUT2D eigenvalue weighted by Gasteiger charge is -2.09. The first-order valence-corrected chi connectivity index (χ1v) is 6.17. The van der Waals surface area contributed by atoms with Crippen molar-refractivity contribution in [3.05, 3.63) is 18.0 Å². The van der Waals surface area contributed by atoms with Gasteiger partial charge in [-0.05, 0) is 33.1 Å². The average molecular weight is 268 g/mol. The third-order valence-electron chi connectivity index (χ3n) is 2.50. The molecule has 0 atom stereocenters. The number of nitrogens with zero attached hydrogens (tertiary/aromatic N) is 3. The van der Waals surface area contributed by atoms with Gasteiger partial charge in [0.05, 0.1) is 13.0 Å². The minimum atomic E-state index is -0.884. The van der Waals surface area contributed by atoms with Gasteiger partial charge in [0.2, 0.25) is 0 Å². The highest BCUT2D eigenvalue weighted by Crippen LogP contribution is 1.97. The SMILES string of the molecule is CN(C)CCCNC(=O)c1ccn(CCC(=O)O)n1. The van der Waals surface area contributed by atoms with E-state index in [1.54, 1.807) is 12.3 Å². The minimum Gasteiger partial charge on any atom is -0.481 e. The molecule has 19 heavy (non-hydrogen) atoms. The highest BCUT2D eigenvalue weighted by atomic mass is 16.4. The van der Waals surface area contributed by atoms with Gasteiger partial charge in [0.25, 0.3) is 5.91 Å². The normalized spacial score (nSPS) is 10.7. The Morgan fingerprint density at radius 3 is 2.84 bits per heavy atom. The highest BCUT2D eigenvalue weighted by molar-refractivity contribution is 5.92. The van der Waals surface area contributed by atoms with Crippen LogP contribution in [0, 0.1) is 0 Å². The van der Waals surface area contributed by atoms with Crippen LogP contribution in [0.3, 0.4) is 0 Å². The van der Waals surface area contributed by atoms with Crippen molar-refractivity contribution >= 4 is 11.9 Å². The molecule has 0 radical (unpaired) electrons. The van der Waals surface area contributed by atoms with Crippen molar-refractivity contribution in [3.8, 4) is 0 Å². The molecular formula is C12H20N4O3. The first kappa shape index (κ1) is 15.2. The van der Waals surface area contributed by atoms with E-state index in [4.69, 9.17) is 5.11 Å². The van der Waals surface area contributed by atoms with Crippen molar-refractivity contribution in [2.24, 2.45) is 0 Å². The number of carboxylic acids is 1. The van der Waals surface area contributed by atoms with Crippen LogP contribution in [-0.2, 0) is 11.3 Å². The van der Waals surface area contributed by atoms with Crippen molar-refractivity contribution in [2.75, 3.05) is 27.2 Å². The van der Waals surface area contributed by atoms with E-state index in [1.165, 1.54) is 4.68 Å². The van der Waals surface area contributed by atoms with Gasteiger partial charge in [-0.1, -0.05) is 0 Å². The van der Waals surface area contributed by atoms with Crippen LogP contribution in [0.5, 0.6) is 0 Å². The second kappa shape index (κ2) is 7.52. The van der Waals surface area contributed by atoms with Crippen LogP contribution in [0.2, 0.25) is 0 Å². The zero-order chi connectivity index (χ0) is 14.3. The number of carbonyl (C=O) groups excluding carboxylic acids is 1. The largest absolute Gasteiger partial charge is 0.481 e. The predicted molar refractivity (Wildman–Crippen MR) is 70.0 cm³/mol. The molecule has 0 aromatic carbocycles. The number of hydrogen-bond donors (Lipinski definition) is 2. The molecule has 0 fully saturated rings. The summed E-state index contributed by atoms with van der Waals surface area (Å²) in [5.41, 5.74) is 0.315. The fourth-order valence-electron chi connectivity index (χ4n) is 1.51. The molecule has 0 bridgehead atoms. The number of amides is 1. The zero-order valence-corrected chi connectivity index (χ0v) is 11.3. The summed E-state index contributed by atoms with van der Waals surface area (Å²) in [5, 5.41) is 15.4. The standard InChI is InChI=1S/C12H20N4O3/c1-15(2)7-3-6-13-12(19)10-4-8-16(14-10)9-5-11(17)18/h4,8H,3,5-7,9H2,1-2H3,(H,13,19)(H,17,18). The Bertz CT molecular complexity index is 428. The van der Waals surface area contributed by atoms with Crippen LogP contribution in [0.15, 0.2) is 12.3 Å². The van der Waals surface area contributed by atoms with Gasteiger partial charge >= 0.3 is 5.97 Å². The van der Waals surface area contributed by atoms with E-state index in [-0.39, 0.29) is 18.9 Å². The quantitative estimate of drug-likeness (QED) is 0.650. The lowest BCUT2D eigenvalue weighted by Crippen LogP contribution is -2.27. The summed E-state index contributed by atoms with van der Waals surface area (Å²) in [7, 11) is 3.96. The molecule has 1 heterocycles. The Kier molecular flexibility index (Phi) is 6.01. The summed E-state index contributed by atoms with van der Waals surface area (Å²) in [6, 6.07) is 1.59. The van der Waals surface area contributed by atoms with Crippen molar-refractivity contribution in [1.82, 2.24) is 20.0 Å². The van der Waals surface area contributed by atoms with E-state index in [1.807, 2.05) is 19.0 Å². The Morgan fingerprint density at radius 2 is 2.21 bits per heavy atom. The fraction of sp³-hybridized carbons (Fsp3) is 0.583. The number of nitrogens with one attached hydrogen (secondary N) is 1. The van der Waals surface area contributed by atoms with Gasteiger partial charge < -0.3 is 15.3 Å². The molecule has 0 aliphatic rings. The summed E-state index contributed by atoms with van der Waals surface area (Å²) >= 11 is 0. The summed E-state index contributed by atoms with van der Waals surface area (Å²) < 4.78 is 1.46. The number of carbonyl (C=O) groups is 2. The molecular weight excluding hydrogens is 248 g/mol. The Morgan fingerprint density at radius 1 is 1.47 bits per heavy atom. The van der Waals surface area contributed by atoms with Crippen LogP contribution in [0.1, 0.15) is 23.3 Å². The molecule has 1 amide bonds. The zero-order valence-electron chi connectivity index (χ0n) is 11.3. The van der Waals surface area contributed by atoms with Gasteiger partial charge in [0, 0.05) is 12.7 Å². The van der Waals surface area contributed by atoms with E-state index in [9.17, 15) is 9.59 Å². The molecule has 1 aromatic heterocycles. The maximum absolute atomic E-state index is 11.7. The smallest absolute Gasteiger partial charge is 0.305 e. The van der Waals surface area contributed by atoms with E-state index in [0.717, 1.165) is 13.0 Å². The second-order valence-electron chi connectivity index (χ2n) is 4.52. The number of hydrogen-bond acceptors (Lipinski definition) is 4. The van der Waals surface area contributed by atoms with Crippen LogP contribution in [0.25, 0.3) is 0 Å². The first-order valence-electron chi connectivity index (χ1n) is 6.17. The van der Waals surface area contributed by atoms with Gasteiger partial charge in [-0.2, -0.15) is 5.10 Å². The summed E-state index contributed by atoms with van der Waals surface area (Å²) in [4.78, 5) is 24.2. The Hall–Kier alpha value is -1.89. The van der Waals surface area contributed by atoms with Crippen molar-refractivity contribution in [3.63, 3.8) is 0 Å². The second-order valence-corrected chi connectivity index (χ2v) is 4.52. The molecule has 0 unspecified atom stereocenters.